The molecule has 2 N–H and O–H groups in total. The second-order valence-corrected chi connectivity index (χ2v) is 2.46. The van der Waals surface area contributed by atoms with Crippen LogP contribution in [0.4, 0.5) is 0 Å². The zero-order chi connectivity index (χ0) is 7.49. The van der Waals surface area contributed by atoms with Crippen LogP contribution in [0.1, 0.15) is 0 Å². The largest absolute Gasteiger partial charge is 2.00 e. The maximum atomic E-state index is 9.74. The number of hydrogen-bond acceptors (Lipinski definition) is 3. The van der Waals surface area contributed by atoms with Crippen LogP contribution >= 0.6 is 0 Å². The van der Waals surface area contributed by atoms with E-state index < -0.39 is 16.1 Å². The van der Waals surface area contributed by atoms with Gasteiger partial charge in [0.2, 0.25) is 0 Å². The number of hydrogen-bond donors (Lipinski definition) is 2. The summed E-state index contributed by atoms with van der Waals surface area (Å²) >= 11 is 0. The molecule has 0 aliphatic rings. The van der Waals surface area contributed by atoms with Gasteiger partial charge < -0.3 is 5.11 Å². The van der Waals surface area contributed by atoms with Crippen LogP contribution in [0.15, 0.2) is 11.5 Å². The average molecular weight is 289 g/mol. The summed E-state index contributed by atoms with van der Waals surface area (Å²) in [6, 6.07) is 0. The second kappa shape index (κ2) is 5.36. The van der Waals surface area contributed by atoms with Crippen molar-refractivity contribution in [3.63, 3.8) is 0 Å². The van der Waals surface area contributed by atoms with Gasteiger partial charge in [-0.05, 0) is 0 Å². The minimum absolute atomic E-state index is 0. The smallest absolute Gasteiger partial charge is 0.478 e. The Morgan fingerprint density at radius 2 is 1.80 bits per heavy atom. The molecule has 0 fully saturated rings. The van der Waals surface area contributed by atoms with Crippen molar-refractivity contribution in [3.05, 3.63) is 11.5 Å². The molecule has 0 aromatic heterocycles. The Balaban J connectivity index is 0. The first-order valence-electron chi connectivity index (χ1n) is 1.80. The molecule has 0 rings (SSSR count). The van der Waals surface area contributed by atoms with Gasteiger partial charge in [-0.15, -0.1) is 0 Å². The standard InChI is InChI=1S/C3H4O5S.Ba/c4-3(5)1-2-9(6,7)8;/h1-2H,(H,4,5)(H,6,7,8);/q;+2/b2-1-;. The molecule has 0 radical (unpaired) electrons. The van der Waals surface area contributed by atoms with E-state index in [0.717, 1.165) is 0 Å². The fourth-order valence-electron chi connectivity index (χ4n) is 0.144. The summed E-state index contributed by atoms with van der Waals surface area (Å²) in [5.41, 5.74) is 0. The Morgan fingerprint density at radius 3 is 1.90 bits per heavy atom. The van der Waals surface area contributed by atoms with Gasteiger partial charge in [0, 0.05) is 6.08 Å². The molecule has 0 unspecified atom stereocenters. The van der Waals surface area contributed by atoms with Gasteiger partial charge >= 0.3 is 54.9 Å². The fraction of sp³-hybridized carbons (Fsp3) is 0. The van der Waals surface area contributed by atoms with E-state index in [9.17, 15) is 13.2 Å². The van der Waals surface area contributed by atoms with Crippen molar-refractivity contribution in [2.45, 2.75) is 0 Å². The van der Waals surface area contributed by atoms with Crippen LogP contribution in [0.3, 0.4) is 0 Å². The Labute approximate surface area is 97.9 Å². The van der Waals surface area contributed by atoms with E-state index in [1.807, 2.05) is 0 Å². The van der Waals surface area contributed by atoms with E-state index in [-0.39, 0.29) is 54.3 Å². The molecule has 0 atom stereocenters. The molecule has 0 heterocycles. The molecule has 0 saturated heterocycles. The van der Waals surface area contributed by atoms with Crippen LogP contribution in [0.5, 0.6) is 0 Å². The molecular weight excluding hydrogens is 285 g/mol. The molecule has 0 aliphatic carbocycles. The Morgan fingerprint density at radius 1 is 1.40 bits per heavy atom. The van der Waals surface area contributed by atoms with Gasteiger partial charge in [0.1, 0.15) is 0 Å². The van der Waals surface area contributed by atoms with Crippen molar-refractivity contribution >= 4 is 65.0 Å². The molecule has 5 nitrogen and oxygen atoms in total. The first kappa shape index (κ1) is 13.3. The molecule has 52 valence electrons. The van der Waals surface area contributed by atoms with Crippen LogP contribution in [-0.2, 0) is 14.9 Å². The summed E-state index contributed by atoms with van der Waals surface area (Å²) in [5, 5.41) is 8.00. The van der Waals surface area contributed by atoms with Gasteiger partial charge in [-0.25, -0.2) is 4.79 Å². The molecule has 7 heteroatoms. The zero-order valence-electron chi connectivity index (χ0n) is 4.89. The fourth-order valence-corrected chi connectivity index (χ4v) is 0.433. The number of aliphatic carboxylic acids is 1. The number of rotatable bonds is 2. The van der Waals surface area contributed by atoms with Crippen LogP contribution in [0.2, 0.25) is 0 Å². The third-order valence-corrected chi connectivity index (χ3v) is 0.863. The first-order valence-corrected chi connectivity index (χ1v) is 3.30. The average Bonchev–Trinajstić information content (AvgIpc) is 1.59. The van der Waals surface area contributed by atoms with E-state index in [1.165, 1.54) is 0 Å². The summed E-state index contributed by atoms with van der Waals surface area (Å²) in [7, 11) is -4.28. The predicted octanol–water partition coefficient (Wildman–Crippen LogP) is -0.908. The minimum Gasteiger partial charge on any atom is -0.478 e. The van der Waals surface area contributed by atoms with E-state index in [2.05, 4.69) is 0 Å². The second-order valence-electron chi connectivity index (χ2n) is 1.16. The monoisotopic (exact) mass is 290 g/mol. The van der Waals surface area contributed by atoms with Crippen molar-refractivity contribution < 1.29 is 22.9 Å². The van der Waals surface area contributed by atoms with Crippen molar-refractivity contribution in [2.24, 2.45) is 0 Å². The summed E-state index contributed by atoms with van der Waals surface area (Å²) in [6.45, 7) is 0. The van der Waals surface area contributed by atoms with Crippen molar-refractivity contribution in [2.75, 3.05) is 0 Å². The van der Waals surface area contributed by atoms with Crippen molar-refractivity contribution in [3.8, 4) is 0 Å². The number of carbonyl (C=O) groups is 1. The van der Waals surface area contributed by atoms with Crippen LogP contribution in [0.25, 0.3) is 0 Å². The Kier molecular flexibility index (Phi) is 7.12. The molecule has 0 aliphatic heterocycles. The summed E-state index contributed by atoms with van der Waals surface area (Å²) in [5.74, 6) is -1.42. The van der Waals surface area contributed by atoms with Gasteiger partial charge in [-0.3, -0.25) is 4.55 Å². The van der Waals surface area contributed by atoms with Crippen molar-refractivity contribution in [1.29, 1.82) is 0 Å². The first-order chi connectivity index (χ1) is 3.92. The molecule has 0 saturated carbocycles. The van der Waals surface area contributed by atoms with Gasteiger partial charge in [-0.2, -0.15) is 8.42 Å². The number of carboxylic acids is 1. The Bertz CT molecular complexity index is 227. The topological polar surface area (TPSA) is 91.7 Å². The predicted molar refractivity (Wildman–Crippen MR) is 34.1 cm³/mol. The van der Waals surface area contributed by atoms with Gasteiger partial charge in [0.15, 0.2) is 0 Å². The zero-order valence-corrected chi connectivity index (χ0v) is 10.1. The minimum atomic E-state index is -4.28. The van der Waals surface area contributed by atoms with Crippen LogP contribution in [-0.4, -0.2) is 72.9 Å². The molecule has 0 amide bonds. The Hall–Kier alpha value is 0.691. The molecule has 0 spiro atoms. The summed E-state index contributed by atoms with van der Waals surface area (Å²) < 4.78 is 27.4. The quantitative estimate of drug-likeness (QED) is 0.390. The third kappa shape index (κ3) is 11.5. The number of carboxylic acid groups (broad SMARTS) is 1. The maximum absolute atomic E-state index is 9.74. The molecule has 0 bridgehead atoms. The van der Waals surface area contributed by atoms with E-state index in [0.29, 0.717) is 6.08 Å². The van der Waals surface area contributed by atoms with Gasteiger partial charge in [0.05, 0.1) is 5.41 Å². The third-order valence-electron chi connectivity index (χ3n) is 0.383. The molecule has 10 heavy (non-hydrogen) atoms. The van der Waals surface area contributed by atoms with Crippen molar-refractivity contribution in [1.82, 2.24) is 0 Å². The van der Waals surface area contributed by atoms with E-state index in [1.54, 1.807) is 0 Å². The van der Waals surface area contributed by atoms with Crippen LogP contribution in [0, 0.1) is 0 Å². The van der Waals surface area contributed by atoms with Gasteiger partial charge in [-0.1, -0.05) is 0 Å². The summed E-state index contributed by atoms with van der Waals surface area (Å²) in [6.07, 6.45) is 0.329. The molecular formula is C3H4BaO5S+2. The van der Waals surface area contributed by atoms with Gasteiger partial charge in [0.25, 0.3) is 10.1 Å². The maximum Gasteiger partial charge on any atom is 2.00 e. The van der Waals surface area contributed by atoms with Crippen LogP contribution < -0.4 is 0 Å². The van der Waals surface area contributed by atoms with E-state index >= 15 is 0 Å². The molecule has 0 aromatic carbocycles. The molecule has 0 aromatic rings. The SMILES string of the molecule is O=C(O)/C=C\S(=O)(=O)O.[Ba+2]. The normalized spacial score (nSPS) is 10.9. The van der Waals surface area contributed by atoms with E-state index in [4.69, 9.17) is 9.66 Å². The summed E-state index contributed by atoms with van der Waals surface area (Å²) in [4.78, 5) is 9.58.